The molecule has 0 saturated heterocycles. The molecule has 1 aromatic rings. The smallest absolute Gasteiger partial charge is 0.0348 e. The van der Waals surface area contributed by atoms with Gasteiger partial charge in [-0.15, -0.1) is 25.0 Å². The lowest BCUT2D eigenvalue weighted by atomic mass is 10.2. The van der Waals surface area contributed by atoms with Gasteiger partial charge in [-0.25, -0.2) is 0 Å². The van der Waals surface area contributed by atoms with Crippen LogP contribution in [0.3, 0.4) is 0 Å². The summed E-state index contributed by atoms with van der Waals surface area (Å²) in [6, 6.07) is 7.84. The maximum Gasteiger partial charge on any atom is 0.0348 e. The van der Waals surface area contributed by atoms with Crippen molar-refractivity contribution < 1.29 is 0 Å². The Labute approximate surface area is 66.7 Å². The van der Waals surface area contributed by atoms with Gasteiger partial charge in [0.2, 0.25) is 0 Å². The summed E-state index contributed by atoms with van der Waals surface area (Å²) in [5.74, 6) is 2.58. The Morgan fingerprint density at radius 1 is 1.40 bits per heavy atom. The fraction of sp³-hybridized carbons (Fsp3) is 0.111. The topological polar surface area (TPSA) is 0 Å². The van der Waals surface area contributed by atoms with E-state index in [0.717, 1.165) is 10.5 Å². The third kappa shape index (κ3) is 1.55. The van der Waals surface area contributed by atoms with Crippen LogP contribution in [0.1, 0.15) is 5.56 Å². The van der Waals surface area contributed by atoms with E-state index in [2.05, 4.69) is 18.5 Å². The van der Waals surface area contributed by atoms with E-state index in [4.69, 9.17) is 6.42 Å². The molecule has 1 aromatic carbocycles. The minimum absolute atomic E-state index is 0.666. The van der Waals surface area contributed by atoms with Gasteiger partial charge in [0.25, 0.3) is 0 Å². The van der Waals surface area contributed by atoms with Gasteiger partial charge >= 0.3 is 0 Å². The van der Waals surface area contributed by atoms with Crippen LogP contribution in [-0.2, 0) is 6.42 Å². The SMILES string of the molecule is C#CCc1ccccc1S. The van der Waals surface area contributed by atoms with Gasteiger partial charge in [-0.2, -0.15) is 0 Å². The zero-order valence-corrected chi connectivity index (χ0v) is 6.44. The Morgan fingerprint density at radius 2 is 2.10 bits per heavy atom. The number of thiol groups is 1. The van der Waals surface area contributed by atoms with Crippen molar-refractivity contribution in [2.24, 2.45) is 0 Å². The third-order valence-electron chi connectivity index (χ3n) is 1.28. The highest BCUT2D eigenvalue weighted by Crippen LogP contribution is 2.12. The predicted octanol–water partition coefficient (Wildman–Crippen LogP) is 2.15. The summed E-state index contributed by atoms with van der Waals surface area (Å²) in [6.45, 7) is 0. The summed E-state index contributed by atoms with van der Waals surface area (Å²) in [7, 11) is 0. The molecular formula is C9H8S. The van der Waals surface area contributed by atoms with Crippen LogP contribution in [0.15, 0.2) is 29.2 Å². The van der Waals surface area contributed by atoms with Crippen LogP contribution in [0.5, 0.6) is 0 Å². The molecule has 0 radical (unpaired) electrons. The van der Waals surface area contributed by atoms with E-state index in [1.807, 2.05) is 24.3 Å². The van der Waals surface area contributed by atoms with E-state index in [9.17, 15) is 0 Å². The van der Waals surface area contributed by atoms with Crippen molar-refractivity contribution in [3.8, 4) is 12.3 Å². The lowest BCUT2D eigenvalue weighted by molar-refractivity contribution is 1.22. The van der Waals surface area contributed by atoms with Crippen LogP contribution in [0.4, 0.5) is 0 Å². The average Bonchev–Trinajstić information content (AvgIpc) is 1.94. The second-order valence-electron chi connectivity index (χ2n) is 2.01. The molecule has 1 rings (SSSR count). The Kier molecular flexibility index (Phi) is 2.42. The molecule has 0 N–H and O–H groups in total. The molecule has 0 nitrogen and oxygen atoms in total. The average molecular weight is 148 g/mol. The Morgan fingerprint density at radius 3 is 2.70 bits per heavy atom. The predicted molar refractivity (Wildman–Crippen MR) is 46.2 cm³/mol. The van der Waals surface area contributed by atoms with Gasteiger partial charge in [-0.1, -0.05) is 18.2 Å². The minimum atomic E-state index is 0.666. The first-order valence-electron chi connectivity index (χ1n) is 3.05. The number of benzene rings is 1. The second-order valence-corrected chi connectivity index (χ2v) is 2.49. The first-order valence-corrected chi connectivity index (χ1v) is 3.49. The minimum Gasteiger partial charge on any atom is -0.143 e. The zero-order valence-electron chi connectivity index (χ0n) is 5.54. The summed E-state index contributed by atoms with van der Waals surface area (Å²) in [6.07, 6.45) is 5.81. The van der Waals surface area contributed by atoms with Gasteiger partial charge < -0.3 is 0 Å². The molecule has 0 bridgehead atoms. The number of rotatable bonds is 1. The van der Waals surface area contributed by atoms with Crippen molar-refractivity contribution in [3.05, 3.63) is 29.8 Å². The highest BCUT2D eigenvalue weighted by molar-refractivity contribution is 7.80. The van der Waals surface area contributed by atoms with Crippen LogP contribution in [0.2, 0.25) is 0 Å². The molecule has 0 aliphatic carbocycles. The van der Waals surface area contributed by atoms with Crippen molar-refractivity contribution in [2.75, 3.05) is 0 Å². The molecule has 0 spiro atoms. The molecule has 0 unspecified atom stereocenters. The zero-order chi connectivity index (χ0) is 7.40. The van der Waals surface area contributed by atoms with E-state index in [1.54, 1.807) is 0 Å². The first-order chi connectivity index (χ1) is 4.84. The van der Waals surface area contributed by atoms with E-state index >= 15 is 0 Å². The molecule has 50 valence electrons. The van der Waals surface area contributed by atoms with Gasteiger partial charge in [0.15, 0.2) is 0 Å². The van der Waals surface area contributed by atoms with Gasteiger partial charge in [0.1, 0.15) is 0 Å². The van der Waals surface area contributed by atoms with Crippen molar-refractivity contribution >= 4 is 12.6 Å². The summed E-state index contributed by atoms with van der Waals surface area (Å²) >= 11 is 4.24. The second kappa shape index (κ2) is 3.34. The number of hydrogen-bond acceptors (Lipinski definition) is 1. The number of terminal acetylenes is 1. The highest BCUT2D eigenvalue weighted by atomic mass is 32.1. The van der Waals surface area contributed by atoms with Gasteiger partial charge in [0, 0.05) is 11.3 Å². The summed E-state index contributed by atoms with van der Waals surface area (Å²) in [4.78, 5) is 0.973. The molecule has 0 amide bonds. The largest absolute Gasteiger partial charge is 0.143 e. The van der Waals surface area contributed by atoms with Crippen LogP contribution in [-0.4, -0.2) is 0 Å². The van der Waals surface area contributed by atoms with Crippen LogP contribution in [0, 0.1) is 12.3 Å². The van der Waals surface area contributed by atoms with Crippen molar-refractivity contribution in [1.29, 1.82) is 0 Å². The molecule has 0 atom stereocenters. The van der Waals surface area contributed by atoms with Crippen LogP contribution >= 0.6 is 12.6 Å². The van der Waals surface area contributed by atoms with E-state index in [-0.39, 0.29) is 0 Å². The van der Waals surface area contributed by atoms with Crippen molar-refractivity contribution in [3.63, 3.8) is 0 Å². The molecule has 0 aliphatic rings. The normalized spacial score (nSPS) is 8.80. The molecule has 0 heterocycles. The highest BCUT2D eigenvalue weighted by Gasteiger charge is 1.92. The monoisotopic (exact) mass is 148 g/mol. The fourth-order valence-electron chi connectivity index (χ4n) is 0.770. The molecule has 10 heavy (non-hydrogen) atoms. The summed E-state index contributed by atoms with van der Waals surface area (Å²) in [5.41, 5.74) is 1.12. The van der Waals surface area contributed by atoms with Gasteiger partial charge in [0.05, 0.1) is 0 Å². The van der Waals surface area contributed by atoms with Crippen molar-refractivity contribution in [2.45, 2.75) is 11.3 Å². The maximum atomic E-state index is 5.15. The molecule has 1 heteroatoms. The Hall–Kier alpha value is -0.870. The van der Waals surface area contributed by atoms with Crippen LogP contribution in [0.25, 0.3) is 0 Å². The summed E-state index contributed by atoms with van der Waals surface area (Å²) in [5, 5.41) is 0. The van der Waals surface area contributed by atoms with E-state index in [0.29, 0.717) is 6.42 Å². The molecule has 0 saturated carbocycles. The van der Waals surface area contributed by atoms with E-state index < -0.39 is 0 Å². The van der Waals surface area contributed by atoms with Gasteiger partial charge in [-0.05, 0) is 11.6 Å². The van der Waals surface area contributed by atoms with E-state index in [1.165, 1.54) is 0 Å². The summed E-state index contributed by atoms with van der Waals surface area (Å²) < 4.78 is 0. The van der Waals surface area contributed by atoms with Crippen molar-refractivity contribution in [1.82, 2.24) is 0 Å². The molecule has 0 aliphatic heterocycles. The molecule has 0 fully saturated rings. The lowest BCUT2D eigenvalue weighted by Crippen LogP contribution is -1.81. The maximum absolute atomic E-state index is 5.15. The molecular weight excluding hydrogens is 140 g/mol. The first kappa shape index (κ1) is 7.24. The standard InChI is InChI=1S/C9H8S/c1-2-5-8-6-3-4-7-9(8)10/h1,3-4,6-7,10H,5H2. The fourth-order valence-corrected chi connectivity index (χ4v) is 1.01. The lowest BCUT2D eigenvalue weighted by Gasteiger charge is -1.97. The number of hydrogen-bond donors (Lipinski definition) is 1. The Balaban J connectivity index is 2.94. The third-order valence-corrected chi connectivity index (χ3v) is 1.72. The van der Waals surface area contributed by atoms with Gasteiger partial charge in [-0.3, -0.25) is 0 Å². The van der Waals surface area contributed by atoms with Crippen LogP contribution < -0.4 is 0 Å². The molecule has 0 aromatic heterocycles. The quantitative estimate of drug-likeness (QED) is 0.458. The Bertz CT molecular complexity index is 258.